The van der Waals surface area contributed by atoms with E-state index >= 15 is 0 Å². The highest BCUT2D eigenvalue weighted by Gasteiger charge is 2.31. The SMILES string of the molecule is Cc1oc(C2CC2)nc1C1CCCCN1. The van der Waals surface area contributed by atoms with Gasteiger partial charge in [0.1, 0.15) is 5.76 Å². The van der Waals surface area contributed by atoms with Crippen LogP contribution in [-0.2, 0) is 0 Å². The van der Waals surface area contributed by atoms with E-state index in [9.17, 15) is 0 Å². The van der Waals surface area contributed by atoms with E-state index in [4.69, 9.17) is 4.42 Å². The van der Waals surface area contributed by atoms with Crippen molar-refractivity contribution in [3.63, 3.8) is 0 Å². The zero-order valence-electron chi connectivity index (χ0n) is 9.25. The van der Waals surface area contributed by atoms with E-state index in [1.807, 2.05) is 6.92 Å². The van der Waals surface area contributed by atoms with E-state index in [0.717, 1.165) is 23.9 Å². The van der Waals surface area contributed by atoms with E-state index in [1.165, 1.54) is 32.1 Å². The average Bonchev–Trinajstić information content (AvgIpc) is 3.04. The molecule has 3 nitrogen and oxygen atoms in total. The Morgan fingerprint density at radius 1 is 1.27 bits per heavy atom. The average molecular weight is 206 g/mol. The lowest BCUT2D eigenvalue weighted by atomic mass is 10.0. The maximum Gasteiger partial charge on any atom is 0.197 e. The molecule has 1 atom stereocenters. The summed E-state index contributed by atoms with van der Waals surface area (Å²) in [6.45, 7) is 3.17. The third-order valence-electron chi connectivity index (χ3n) is 3.42. The summed E-state index contributed by atoms with van der Waals surface area (Å²) in [5, 5.41) is 3.53. The van der Waals surface area contributed by atoms with Crippen molar-refractivity contribution in [3.05, 3.63) is 17.3 Å². The van der Waals surface area contributed by atoms with Crippen LogP contribution in [0.3, 0.4) is 0 Å². The van der Waals surface area contributed by atoms with Crippen molar-refractivity contribution in [3.8, 4) is 0 Å². The predicted molar refractivity (Wildman–Crippen MR) is 57.8 cm³/mol. The third kappa shape index (κ3) is 1.81. The largest absolute Gasteiger partial charge is 0.445 e. The Balaban J connectivity index is 1.82. The normalized spacial score (nSPS) is 26.9. The molecule has 2 heterocycles. The molecule has 82 valence electrons. The lowest BCUT2D eigenvalue weighted by Crippen LogP contribution is -2.27. The first kappa shape index (κ1) is 9.40. The summed E-state index contributed by atoms with van der Waals surface area (Å²) in [7, 11) is 0. The second-order valence-corrected chi connectivity index (χ2v) is 4.77. The molecular weight excluding hydrogens is 188 g/mol. The van der Waals surface area contributed by atoms with Crippen molar-refractivity contribution < 1.29 is 4.42 Å². The van der Waals surface area contributed by atoms with Crippen LogP contribution in [0.4, 0.5) is 0 Å². The van der Waals surface area contributed by atoms with Gasteiger partial charge in [-0.05, 0) is 39.2 Å². The standard InChI is InChI=1S/C12H18N2O/c1-8-11(10-4-2-3-7-13-10)14-12(15-8)9-5-6-9/h9-10,13H,2-7H2,1H3. The number of oxazole rings is 1. The van der Waals surface area contributed by atoms with Gasteiger partial charge in [-0.3, -0.25) is 0 Å². The number of hydrogen-bond acceptors (Lipinski definition) is 3. The number of rotatable bonds is 2. The van der Waals surface area contributed by atoms with Gasteiger partial charge in [-0.15, -0.1) is 0 Å². The highest BCUT2D eigenvalue weighted by Crippen LogP contribution is 2.41. The molecule has 0 bridgehead atoms. The minimum absolute atomic E-state index is 0.440. The Morgan fingerprint density at radius 2 is 2.13 bits per heavy atom. The minimum atomic E-state index is 0.440. The molecule has 3 rings (SSSR count). The molecule has 1 saturated carbocycles. The second kappa shape index (κ2) is 3.63. The Morgan fingerprint density at radius 3 is 2.80 bits per heavy atom. The molecule has 15 heavy (non-hydrogen) atoms. The molecule has 2 aliphatic rings. The van der Waals surface area contributed by atoms with Gasteiger partial charge < -0.3 is 9.73 Å². The van der Waals surface area contributed by atoms with Gasteiger partial charge in [0.05, 0.1) is 11.7 Å². The van der Waals surface area contributed by atoms with Gasteiger partial charge in [0.25, 0.3) is 0 Å². The van der Waals surface area contributed by atoms with Crippen molar-refractivity contribution in [2.24, 2.45) is 0 Å². The first-order valence-electron chi connectivity index (χ1n) is 6.05. The van der Waals surface area contributed by atoms with Gasteiger partial charge >= 0.3 is 0 Å². The summed E-state index contributed by atoms with van der Waals surface area (Å²) in [5.74, 6) is 2.63. The predicted octanol–water partition coefficient (Wildman–Crippen LogP) is 2.68. The van der Waals surface area contributed by atoms with Gasteiger partial charge in [-0.25, -0.2) is 4.98 Å². The fraction of sp³-hybridized carbons (Fsp3) is 0.750. The highest BCUT2D eigenvalue weighted by molar-refractivity contribution is 5.17. The van der Waals surface area contributed by atoms with Crippen LogP contribution in [0, 0.1) is 6.92 Å². The Bertz CT molecular complexity index is 349. The molecule has 1 unspecified atom stereocenters. The number of nitrogens with zero attached hydrogens (tertiary/aromatic N) is 1. The fourth-order valence-corrected chi connectivity index (χ4v) is 2.34. The Kier molecular flexibility index (Phi) is 2.28. The van der Waals surface area contributed by atoms with Crippen LogP contribution in [0.25, 0.3) is 0 Å². The van der Waals surface area contributed by atoms with Crippen LogP contribution in [0.15, 0.2) is 4.42 Å². The number of aryl methyl sites for hydroxylation is 1. The monoisotopic (exact) mass is 206 g/mol. The number of aromatic nitrogens is 1. The maximum atomic E-state index is 5.74. The van der Waals surface area contributed by atoms with Gasteiger partial charge in [0.2, 0.25) is 0 Å². The highest BCUT2D eigenvalue weighted by atomic mass is 16.4. The summed E-state index contributed by atoms with van der Waals surface area (Å²) in [6.07, 6.45) is 6.33. The molecule has 1 saturated heterocycles. The van der Waals surface area contributed by atoms with Crippen molar-refractivity contribution in [2.45, 2.75) is 51.0 Å². The first-order chi connectivity index (χ1) is 7.34. The molecule has 0 radical (unpaired) electrons. The quantitative estimate of drug-likeness (QED) is 0.808. The maximum absolute atomic E-state index is 5.74. The van der Waals surface area contributed by atoms with Gasteiger partial charge in [0.15, 0.2) is 5.89 Å². The molecular formula is C12H18N2O. The molecule has 0 spiro atoms. The molecule has 1 N–H and O–H groups in total. The molecule has 1 aromatic heterocycles. The molecule has 0 amide bonds. The molecule has 2 fully saturated rings. The number of hydrogen-bond donors (Lipinski definition) is 1. The topological polar surface area (TPSA) is 38.1 Å². The van der Waals surface area contributed by atoms with E-state index in [0.29, 0.717) is 12.0 Å². The summed E-state index contributed by atoms with van der Waals surface area (Å²) in [4.78, 5) is 4.67. The van der Waals surface area contributed by atoms with Crippen LogP contribution in [0.2, 0.25) is 0 Å². The van der Waals surface area contributed by atoms with Crippen molar-refractivity contribution in [2.75, 3.05) is 6.54 Å². The molecule has 1 aromatic rings. The molecule has 1 aliphatic carbocycles. The summed E-state index contributed by atoms with van der Waals surface area (Å²) >= 11 is 0. The van der Waals surface area contributed by atoms with E-state index < -0.39 is 0 Å². The summed E-state index contributed by atoms with van der Waals surface area (Å²) < 4.78 is 5.74. The summed E-state index contributed by atoms with van der Waals surface area (Å²) in [6, 6.07) is 0.440. The first-order valence-corrected chi connectivity index (χ1v) is 6.05. The number of piperidine rings is 1. The van der Waals surface area contributed by atoms with Gasteiger partial charge in [-0.1, -0.05) is 6.42 Å². The summed E-state index contributed by atoms with van der Waals surface area (Å²) in [5.41, 5.74) is 1.16. The Hall–Kier alpha value is -0.830. The second-order valence-electron chi connectivity index (χ2n) is 4.77. The van der Waals surface area contributed by atoms with Crippen molar-refractivity contribution >= 4 is 0 Å². The van der Waals surface area contributed by atoms with Gasteiger partial charge in [0, 0.05) is 5.92 Å². The Labute approximate surface area is 90.3 Å². The third-order valence-corrected chi connectivity index (χ3v) is 3.42. The van der Waals surface area contributed by atoms with Crippen LogP contribution >= 0.6 is 0 Å². The van der Waals surface area contributed by atoms with E-state index in [-0.39, 0.29) is 0 Å². The lowest BCUT2D eigenvalue weighted by molar-refractivity contribution is 0.400. The van der Waals surface area contributed by atoms with Crippen LogP contribution in [-0.4, -0.2) is 11.5 Å². The van der Waals surface area contributed by atoms with Crippen LogP contribution in [0.5, 0.6) is 0 Å². The molecule has 0 aromatic carbocycles. The number of nitrogens with one attached hydrogen (secondary N) is 1. The fourth-order valence-electron chi connectivity index (χ4n) is 2.34. The van der Waals surface area contributed by atoms with Crippen LogP contribution < -0.4 is 5.32 Å². The van der Waals surface area contributed by atoms with E-state index in [1.54, 1.807) is 0 Å². The zero-order valence-corrected chi connectivity index (χ0v) is 9.25. The van der Waals surface area contributed by atoms with Crippen molar-refractivity contribution in [1.29, 1.82) is 0 Å². The lowest BCUT2D eigenvalue weighted by Gasteiger charge is -2.21. The van der Waals surface area contributed by atoms with Crippen molar-refractivity contribution in [1.82, 2.24) is 10.3 Å². The molecule has 1 aliphatic heterocycles. The zero-order chi connectivity index (χ0) is 10.3. The minimum Gasteiger partial charge on any atom is -0.445 e. The van der Waals surface area contributed by atoms with Gasteiger partial charge in [-0.2, -0.15) is 0 Å². The van der Waals surface area contributed by atoms with E-state index in [2.05, 4.69) is 10.3 Å². The van der Waals surface area contributed by atoms with Crippen LogP contribution in [0.1, 0.15) is 61.4 Å². The molecule has 3 heteroatoms. The smallest absolute Gasteiger partial charge is 0.197 e.